The molecule has 0 saturated heterocycles. The van der Waals surface area contributed by atoms with Gasteiger partial charge in [-0.2, -0.15) is 0 Å². The third-order valence-corrected chi connectivity index (χ3v) is 4.05. The summed E-state index contributed by atoms with van der Waals surface area (Å²) < 4.78 is 11.4. The minimum absolute atomic E-state index is 0.696. The van der Waals surface area contributed by atoms with Crippen molar-refractivity contribution in [2.24, 2.45) is 0 Å². The molecule has 0 unspecified atom stereocenters. The lowest BCUT2D eigenvalue weighted by molar-refractivity contribution is 0.317. The Morgan fingerprint density at radius 2 is 1.17 bits per heavy atom. The molecule has 18 heavy (non-hydrogen) atoms. The van der Waals surface area contributed by atoms with Crippen LogP contribution >= 0.6 is 23.5 Å². The molecule has 1 rings (SSSR count). The molecule has 2 nitrogen and oxygen atoms in total. The van der Waals surface area contributed by atoms with Crippen LogP contribution in [-0.2, 0) is 0 Å². The van der Waals surface area contributed by atoms with Gasteiger partial charge >= 0.3 is 0 Å². The van der Waals surface area contributed by atoms with Crippen LogP contribution in [0, 0.1) is 0 Å². The largest absolute Gasteiger partial charge is 0.493 e. The normalized spacial score (nSPS) is 10.4. The molecule has 0 spiro atoms. The second-order valence-corrected chi connectivity index (χ2v) is 6.09. The lowest BCUT2D eigenvalue weighted by atomic mass is 10.3. The van der Waals surface area contributed by atoms with E-state index in [-0.39, 0.29) is 0 Å². The first-order valence-corrected chi connectivity index (χ1v) is 8.43. The van der Waals surface area contributed by atoms with Crippen molar-refractivity contribution in [3.63, 3.8) is 0 Å². The average Bonchev–Trinajstić information content (AvgIpc) is 2.35. The fourth-order valence-electron chi connectivity index (χ4n) is 1.60. The first kappa shape index (κ1) is 15.6. The Balaban J connectivity index is 3.11. The van der Waals surface area contributed by atoms with Crippen molar-refractivity contribution in [3.8, 4) is 11.5 Å². The first-order chi connectivity index (χ1) is 8.76. The first-order valence-electron chi connectivity index (χ1n) is 6.45. The molecule has 4 heteroatoms. The van der Waals surface area contributed by atoms with Crippen molar-refractivity contribution in [2.75, 3.05) is 24.7 Å². The Labute approximate surface area is 119 Å². The zero-order valence-corrected chi connectivity index (χ0v) is 13.2. The van der Waals surface area contributed by atoms with Crippen molar-refractivity contribution < 1.29 is 9.47 Å². The maximum absolute atomic E-state index is 5.72. The van der Waals surface area contributed by atoms with Gasteiger partial charge in [-0.1, -0.05) is 13.8 Å². The number of hydrogen-bond acceptors (Lipinski definition) is 4. The van der Waals surface area contributed by atoms with E-state index in [1.807, 2.05) is 13.8 Å². The van der Waals surface area contributed by atoms with E-state index in [4.69, 9.17) is 9.47 Å². The summed E-state index contributed by atoms with van der Waals surface area (Å²) >= 11 is 3.59. The molecule has 1 aromatic carbocycles. The van der Waals surface area contributed by atoms with Crippen LogP contribution in [-0.4, -0.2) is 24.7 Å². The summed E-state index contributed by atoms with van der Waals surface area (Å²) in [4.78, 5) is 2.34. The van der Waals surface area contributed by atoms with Crippen LogP contribution in [0.5, 0.6) is 11.5 Å². The predicted octanol–water partition coefficient (Wildman–Crippen LogP) is 4.71. The molecule has 0 aliphatic carbocycles. The molecule has 0 radical (unpaired) electrons. The van der Waals surface area contributed by atoms with Crippen LogP contribution in [0.15, 0.2) is 21.9 Å². The third-order valence-electron chi connectivity index (χ3n) is 2.21. The summed E-state index contributed by atoms with van der Waals surface area (Å²) in [6, 6.07) is 4.22. The minimum Gasteiger partial charge on any atom is -0.493 e. The van der Waals surface area contributed by atoms with Crippen molar-refractivity contribution in [2.45, 2.75) is 37.5 Å². The number of ether oxygens (including phenoxy) is 2. The molecule has 102 valence electrons. The van der Waals surface area contributed by atoms with E-state index in [9.17, 15) is 0 Å². The maximum Gasteiger partial charge on any atom is 0.134 e. The van der Waals surface area contributed by atoms with Gasteiger partial charge in [0.2, 0.25) is 0 Å². The van der Waals surface area contributed by atoms with Crippen LogP contribution in [0.3, 0.4) is 0 Å². The highest BCUT2D eigenvalue weighted by Gasteiger charge is 2.12. The van der Waals surface area contributed by atoms with E-state index < -0.39 is 0 Å². The smallest absolute Gasteiger partial charge is 0.134 e. The molecule has 0 aliphatic heterocycles. The highest BCUT2D eigenvalue weighted by atomic mass is 32.2. The second kappa shape index (κ2) is 8.59. The van der Waals surface area contributed by atoms with Gasteiger partial charge in [0.25, 0.3) is 0 Å². The van der Waals surface area contributed by atoms with Gasteiger partial charge in [-0.15, -0.1) is 23.5 Å². The quantitative estimate of drug-likeness (QED) is 0.644. The fraction of sp³-hybridized carbons (Fsp3) is 0.571. The molecule has 0 fully saturated rings. The Morgan fingerprint density at radius 3 is 1.44 bits per heavy atom. The summed E-state index contributed by atoms with van der Waals surface area (Å²) in [6.45, 7) is 9.72. The molecule has 0 amide bonds. The standard InChI is InChI=1S/C14H22O2S2/c1-5-15-11-9-14(18-8-4)12(16-6-2)10-13(11)17-7-3/h9-10H,5-8H2,1-4H3. The fourth-order valence-corrected chi connectivity index (χ4v) is 3.12. The Morgan fingerprint density at radius 1 is 0.778 bits per heavy atom. The molecule has 0 aliphatic rings. The summed E-state index contributed by atoms with van der Waals surface area (Å²) in [6.07, 6.45) is 0. The lowest BCUT2D eigenvalue weighted by Gasteiger charge is -2.15. The molecular formula is C14H22O2S2. The van der Waals surface area contributed by atoms with Gasteiger partial charge in [0.1, 0.15) is 11.5 Å². The van der Waals surface area contributed by atoms with E-state index >= 15 is 0 Å². The van der Waals surface area contributed by atoms with Crippen LogP contribution in [0.2, 0.25) is 0 Å². The van der Waals surface area contributed by atoms with Crippen LogP contribution < -0.4 is 9.47 Å². The summed E-state index contributed by atoms with van der Waals surface area (Å²) in [5.74, 6) is 4.02. The van der Waals surface area contributed by atoms with Gasteiger partial charge in [0.05, 0.1) is 23.0 Å². The van der Waals surface area contributed by atoms with E-state index in [1.54, 1.807) is 23.5 Å². The van der Waals surface area contributed by atoms with Gasteiger partial charge in [-0.25, -0.2) is 0 Å². The van der Waals surface area contributed by atoms with Crippen LogP contribution in [0.1, 0.15) is 27.7 Å². The molecule has 0 saturated carbocycles. The topological polar surface area (TPSA) is 18.5 Å². The molecule has 0 atom stereocenters. The third kappa shape index (κ3) is 4.32. The van der Waals surface area contributed by atoms with Gasteiger partial charge < -0.3 is 9.47 Å². The molecule has 0 aromatic heterocycles. The number of thioether (sulfide) groups is 2. The monoisotopic (exact) mass is 286 g/mol. The number of benzene rings is 1. The molecule has 0 bridgehead atoms. The summed E-state index contributed by atoms with van der Waals surface area (Å²) in [5, 5.41) is 0. The zero-order chi connectivity index (χ0) is 13.4. The lowest BCUT2D eigenvalue weighted by Crippen LogP contribution is -1.98. The maximum atomic E-state index is 5.72. The molecule has 0 heterocycles. The van der Waals surface area contributed by atoms with E-state index in [0.29, 0.717) is 13.2 Å². The second-order valence-electron chi connectivity index (χ2n) is 3.48. The minimum atomic E-state index is 0.696. The van der Waals surface area contributed by atoms with Gasteiger partial charge in [0.15, 0.2) is 0 Å². The van der Waals surface area contributed by atoms with Gasteiger partial charge in [0, 0.05) is 0 Å². The molecular weight excluding hydrogens is 264 g/mol. The van der Waals surface area contributed by atoms with Crippen molar-refractivity contribution in [1.29, 1.82) is 0 Å². The number of rotatable bonds is 8. The van der Waals surface area contributed by atoms with Crippen molar-refractivity contribution >= 4 is 23.5 Å². The Kier molecular flexibility index (Phi) is 7.44. The summed E-state index contributed by atoms with van der Waals surface area (Å²) in [5.41, 5.74) is 0. The highest BCUT2D eigenvalue weighted by Crippen LogP contribution is 2.40. The highest BCUT2D eigenvalue weighted by molar-refractivity contribution is 7.99. The van der Waals surface area contributed by atoms with E-state index in [1.165, 1.54) is 9.79 Å². The molecule has 0 N–H and O–H groups in total. The number of hydrogen-bond donors (Lipinski definition) is 0. The average molecular weight is 286 g/mol. The van der Waals surface area contributed by atoms with Gasteiger partial charge in [-0.3, -0.25) is 0 Å². The zero-order valence-electron chi connectivity index (χ0n) is 11.6. The van der Waals surface area contributed by atoms with Crippen LogP contribution in [0.25, 0.3) is 0 Å². The van der Waals surface area contributed by atoms with Crippen molar-refractivity contribution in [3.05, 3.63) is 12.1 Å². The summed E-state index contributed by atoms with van der Waals surface area (Å²) in [7, 11) is 0. The van der Waals surface area contributed by atoms with E-state index in [2.05, 4.69) is 26.0 Å². The SMILES string of the molecule is CCOc1cc(SCC)c(OCC)cc1SCC. The Hall–Kier alpha value is -0.480. The predicted molar refractivity (Wildman–Crippen MR) is 81.6 cm³/mol. The van der Waals surface area contributed by atoms with E-state index in [0.717, 1.165) is 23.0 Å². The Bertz CT molecular complexity index is 301. The van der Waals surface area contributed by atoms with Crippen molar-refractivity contribution in [1.82, 2.24) is 0 Å². The van der Waals surface area contributed by atoms with Gasteiger partial charge in [-0.05, 0) is 37.5 Å². The molecule has 1 aromatic rings. The van der Waals surface area contributed by atoms with Crippen LogP contribution in [0.4, 0.5) is 0 Å².